The molecule has 32 heavy (non-hydrogen) atoms. The zero-order chi connectivity index (χ0) is 22.8. The Morgan fingerprint density at radius 1 is 1.16 bits per heavy atom. The first-order chi connectivity index (χ1) is 15.6. The number of benzene rings is 1. The van der Waals surface area contributed by atoms with Crippen LogP contribution in [0.1, 0.15) is 63.5 Å². The van der Waals surface area contributed by atoms with Gasteiger partial charge in [-0.3, -0.25) is 9.59 Å². The molecule has 0 saturated heterocycles. The van der Waals surface area contributed by atoms with Crippen molar-refractivity contribution < 1.29 is 9.59 Å². The van der Waals surface area contributed by atoms with E-state index in [1.54, 1.807) is 0 Å². The van der Waals surface area contributed by atoms with Crippen LogP contribution < -0.4 is 10.6 Å². The van der Waals surface area contributed by atoms with Crippen LogP contribution in [0.2, 0.25) is 0 Å². The van der Waals surface area contributed by atoms with Crippen molar-refractivity contribution in [3.8, 4) is 0 Å². The van der Waals surface area contributed by atoms with Crippen molar-refractivity contribution in [2.75, 3.05) is 31.5 Å². The van der Waals surface area contributed by atoms with Crippen LogP contribution in [0.15, 0.2) is 42.0 Å². The van der Waals surface area contributed by atoms with E-state index < -0.39 is 0 Å². The molecule has 2 N–H and O–H groups in total. The number of rotatable bonds is 11. The molecule has 5 heteroatoms. The number of fused-ring (bicyclic) bond motifs is 1. The molecule has 1 aromatic carbocycles. The first-order valence-corrected chi connectivity index (χ1v) is 12.3. The van der Waals surface area contributed by atoms with Gasteiger partial charge in [0.25, 0.3) is 0 Å². The lowest BCUT2D eigenvalue weighted by molar-refractivity contribution is -0.133. The fourth-order valence-electron chi connectivity index (χ4n) is 4.55. The van der Waals surface area contributed by atoms with E-state index >= 15 is 0 Å². The van der Waals surface area contributed by atoms with E-state index in [2.05, 4.69) is 60.9 Å². The Morgan fingerprint density at radius 3 is 2.69 bits per heavy atom. The zero-order valence-electron chi connectivity index (χ0n) is 19.8. The van der Waals surface area contributed by atoms with Gasteiger partial charge in [-0.05, 0) is 68.7 Å². The molecule has 1 aliphatic heterocycles. The third kappa shape index (κ3) is 7.06. The fourth-order valence-corrected chi connectivity index (χ4v) is 4.55. The van der Waals surface area contributed by atoms with Gasteiger partial charge in [0.05, 0.1) is 12.6 Å². The molecule has 1 amide bonds. The highest BCUT2D eigenvalue weighted by atomic mass is 16.2. The van der Waals surface area contributed by atoms with Gasteiger partial charge in [0, 0.05) is 25.2 Å². The predicted molar refractivity (Wildman–Crippen MR) is 132 cm³/mol. The Labute approximate surface area is 193 Å². The smallest absolute Gasteiger partial charge is 0.240 e. The Bertz CT molecular complexity index is 837. The number of hydrogen-bond acceptors (Lipinski definition) is 4. The van der Waals surface area contributed by atoms with Gasteiger partial charge < -0.3 is 15.5 Å². The molecule has 1 atom stereocenters. The number of allylic oxidation sites excluding steroid dienone is 3. The molecular formula is C27H39N3O2. The number of ketones is 1. The molecule has 0 spiro atoms. The van der Waals surface area contributed by atoms with Crippen molar-refractivity contribution in [3.63, 3.8) is 0 Å². The van der Waals surface area contributed by atoms with Crippen LogP contribution in [0.4, 0.5) is 5.69 Å². The summed E-state index contributed by atoms with van der Waals surface area (Å²) in [6.45, 7) is 7.09. The van der Waals surface area contributed by atoms with Gasteiger partial charge in [-0.1, -0.05) is 49.8 Å². The van der Waals surface area contributed by atoms with Crippen molar-refractivity contribution in [3.05, 3.63) is 53.1 Å². The maximum atomic E-state index is 13.4. The number of carbonyl (C=O) groups excluding carboxylic acids is 2. The van der Waals surface area contributed by atoms with Crippen LogP contribution in [-0.2, 0) is 22.4 Å². The van der Waals surface area contributed by atoms with Gasteiger partial charge in [-0.2, -0.15) is 0 Å². The summed E-state index contributed by atoms with van der Waals surface area (Å²) in [5, 5.41) is 6.83. The van der Waals surface area contributed by atoms with Gasteiger partial charge >= 0.3 is 0 Å². The quantitative estimate of drug-likeness (QED) is 0.538. The van der Waals surface area contributed by atoms with Gasteiger partial charge in [0.15, 0.2) is 5.78 Å². The molecule has 0 aromatic heterocycles. The van der Waals surface area contributed by atoms with E-state index in [4.69, 9.17) is 0 Å². The summed E-state index contributed by atoms with van der Waals surface area (Å²) in [6.07, 6.45) is 13.6. The minimum atomic E-state index is -0.175. The normalized spacial score (nSPS) is 16.6. The molecule has 174 valence electrons. The van der Waals surface area contributed by atoms with Crippen molar-refractivity contribution in [2.45, 2.75) is 71.3 Å². The Balaban J connectivity index is 1.64. The molecule has 3 rings (SSSR count). The summed E-state index contributed by atoms with van der Waals surface area (Å²) in [6, 6.07) is 6.27. The summed E-state index contributed by atoms with van der Waals surface area (Å²) < 4.78 is 0. The highest BCUT2D eigenvalue weighted by molar-refractivity contribution is 5.85. The van der Waals surface area contributed by atoms with Gasteiger partial charge in [-0.15, -0.1) is 0 Å². The van der Waals surface area contributed by atoms with Crippen molar-refractivity contribution in [1.82, 2.24) is 10.2 Å². The minimum Gasteiger partial charge on any atom is -0.378 e. The number of amides is 1. The average molecular weight is 438 g/mol. The largest absolute Gasteiger partial charge is 0.378 e. The summed E-state index contributed by atoms with van der Waals surface area (Å²) in [7, 11) is 0. The van der Waals surface area contributed by atoms with E-state index in [9.17, 15) is 9.59 Å². The van der Waals surface area contributed by atoms with Crippen LogP contribution >= 0.6 is 0 Å². The third-order valence-electron chi connectivity index (χ3n) is 6.29. The fraction of sp³-hybridized carbons (Fsp3) is 0.556. The van der Waals surface area contributed by atoms with Crippen LogP contribution in [0.25, 0.3) is 0 Å². The second kappa shape index (κ2) is 12.6. The molecule has 0 saturated carbocycles. The maximum Gasteiger partial charge on any atom is 0.240 e. The van der Waals surface area contributed by atoms with Crippen molar-refractivity contribution >= 4 is 17.4 Å². The van der Waals surface area contributed by atoms with E-state index in [0.717, 1.165) is 70.3 Å². The lowest BCUT2D eigenvalue weighted by Gasteiger charge is -2.28. The lowest BCUT2D eigenvalue weighted by Crippen LogP contribution is -2.48. The topological polar surface area (TPSA) is 61.4 Å². The van der Waals surface area contributed by atoms with Crippen LogP contribution in [0.5, 0.6) is 0 Å². The summed E-state index contributed by atoms with van der Waals surface area (Å²) in [5.74, 6) is 0.495. The highest BCUT2D eigenvalue weighted by Crippen LogP contribution is 2.22. The average Bonchev–Trinajstić information content (AvgIpc) is 2.99. The standard InChI is InChI=1S/C27H39N3O2/c1-3-16-30(17-4-2)27(32)26(19-21-8-6-5-7-9-21)28-15-14-22-10-13-25-23(18-22)11-12-24(31)20-29-25/h5-6,8,10,13,18,26,28-29H,3-4,7,9,11-12,14-17,19-20H2,1-2H3. The minimum absolute atomic E-state index is 0.175. The Hall–Kier alpha value is -2.40. The van der Waals surface area contributed by atoms with Crippen LogP contribution in [0, 0.1) is 0 Å². The second-order valence-corrected chi connectivity index (χ2v) is 8.96. The van der Waals surface area contributed by atoms with Crippen LogP contribution in [0.3, 0.4) is 0 Å². The first kappa shape index (κ1) is 24.2. The van der Waals surface area contributed by atoms with E-state index in [-0.39, 0.29) is 17.7 Å². The molecule has 0 fully saturated rings. The molecule has 0 radical (unpaired) electrons. The first-order valence-electron chi connectivity index (χ1n) is 12.3. The molecule has 0 bridgehead atoms. The molecule has 2 aliphatic rings. The van der Waals surface area contributed by atoms with E-state index in [1.807, 2.05) is 4.90 Å². The van der Waals surface area contributed by atoms with Crippen molar-refractivity contribution in [1.29, 1.82) is 0 Å². The number of hydrogen-bond donors (Lipinski definition) is 2. The van der Waals surface area contributed by atoms with Gasteiger partial charge in [0.2, 0.25) is 5.91 Å². The molecular weight excluding hydrogens is 398 g/mol. The predicted octanol–water partition coefficient (Wildman–Crippen LogP) is 4.43. The number of aryl methyl sites for hydroxylation is 1. The summed E-state index contributed by atoms with van der Waals surface area (Å²) in [4.78, 5) is 27.1. The number of anilines is 1. The van der Waals surface area contributed by atoms with Gasteiger partial charge in [-0.25, -0.2) is 0 Å². The third-order valence-corrected chi connectivity index (χ3v) is 6.29. The number of nitrogens with one attached hydrogen (secondary N) is 2. The molecule has 1 aliphatic carbocycles. The Kier molecular flexibility index (Phi) is 9.54. The molecule has 1 unspecified atom stereocenters. The molecule has 5 nitrogen and oxygen atoms in total. The van der Waals surface area contributed by atoms with Gasteiger partial charge in [0.1, 0.15) is 0 Å². The monoisotopic (exact) mass is 437 g/mol. The Morgan fingerprint density at radius 2 is 1.97 bits per heavy atom. The zero-order valence-corrected chi connectivity index (χ0v) is 19.8. The summed E-state index contributed by atoms with van der Waals surface area (Å²) >= 11 is 0. The molecule has 1 aromatic rings. The summed E-state index contributed by atoms with van der Waals surface area (Å²) in [5.41, 5.74) is 4.90. The van der Waals surface area contributed by atoms with E-state index in [1.165, 1.54) is 16.7 Å². The number of nitrogens with zero attached hydrogens (tertiary/aromatic N) is 1. The maximum absolute atomic E-state index is 13.4. The molecule has 1 heterocycles. The SMILES string of the molecule is CCCN(CCC)C(=O)C(CC1=CC=CCC1)NCCc1ccc2c(c1)CCC(=O)CN2. The number of Topliss-reactive ketones (excluding diaryl/α,β-unsaturated/α-hetero) is 1. The van der Waals surface area contributed by atoms with Crippen LogP contribution in [-0.4, -0.2) is 48.8 Å². The highest BCUT2D eigenvalue weighted by Gasteiger charge is 2.24. The lowest BCUT2D eigenvalue weighted by atomic mass is 9.96. The second-order valence-electron chi connectivity index (χ2n) is 8.96. The number of carbonyl (C=O) groups is 2. The van der Waals surface area contributed by atoms with Crippen molar-refractivity contribution in [2.24, 2.45) is 0 Å². The van der Waals surface area contributed by atoms with E-state index in [0.29, 0.717) is 13.0 Å².